The average Bonchev–Trinajstić information content (AvgIpc) is 2.66. The Morgan fingerprint density at radius 1 is 1.33 bits per heavy atom. The van der Waals surface area contributed by atoms with Gasteiger partial charge in [0.25, 0.3) is 0 Å². The van der Waals surface area contributed by atoms with Gasteiger partial charge in [0.15, 0.2) is 0 Å². The maximum atomic E-state index is 5.41. The third-order valence-electron chi connectivity index (χ3n) is 3.04. The molecule has 0 saturated carbocycles. The van der Waals surface area contributed by atoms with Crippen molar-refractivity contribution in [3.63, 3.8) is 0 Å². The molecule has 15 heavy (non-hydrogen) atoms. The SMILES string of the molecule is CCNC(C)C(Cc1ccco1)C(C)C. The summed E-state index contributed by atoms with van der Waals surface area (Å²) in [7, 11) is 0. The summed E-state index contributed by atoms with van der Waals surface area (Å²) >= 11 is 0. The van der Waals surface area contributed by atoms with E-state index in [0.717, 1.165) is 18.7 Å². The largest absolute Gasteiger partial charge is 0.469 e. The summed E-state index contributed by atoms with van der Waals surface area (Å²) in [6.45, 7) is 10.0. The molecule has 1 aromatic heterocycles. The Balaban J connectivity index is 2.58. The number of nitrogens with one attached hydrogen (secondary N) is 1. The highest BCUT2D eigenvalue weighted by atomic mass is 16.3. The highest BCUT2D eigenvalue weighted by Gasteiger charge is 2.21. The van der Waals surface area contributed by atoms with Gasteiger partial charge in [0.05, 0.1) is 6.26 Å². The fourth-order valence-electron chi connectivity index (χ4n) is 2.12. The number of furan rings is 1. The van der Waals surface area contributed by atoms with Crippen LogP contribution in [0.2, 0.25) is 0 Å². The van der Waals surface area contributed by atoms with E-state index in [4.69, 9.17) is 4.42 Å². The van der Waals surface area contributed by atoms with E-state index in [1.165, 1.54) is 0 Å². The molecule has 1 aromatic rings. The van der Waals surface area contributed by atoms with Gasteiger partial charge < -0.3 is 9.73 Å². The minimum Gasteiger partial charge on any atom is -0.469 e. The second-order valence-electron chi connectivity index (χ2n) is 4.54. The minimum atomic E-state index is 0.542. The maximum Gasteiger partial charge on any atom is 0.104 e. The maximum absolute atomic E-state index is 5.41. The van der Waals surface area contributed by atoms with Crippen LogP contribution in [0.25, 0.3) is 0 Å². The molecule has 0 aliphatic rings. The predicted molar refractivity (Wildman–Crippen MR) is 63.9 cm³/mol. The lowest BCUT2D eigenvalue weighted by Gasteiger charge is -2.27. The lowest BCUT2D eigenvalue weighted by molar-refractivity contribution is 0.276. The fourth-order valence-corrected chi connectivity index (χ4v) is 2.12. The molecule has 0 aromatic carbocycles. The van der Waals surface area contributed by atoms with Crippen LogP contribution < -0.4 is 5.32 Å². The van der Waals surface area contributed by atoms with Crippen molar-refractivity contribution in [1.82, 2.24) is 5.32 Å². The van der Waals surface area contributed by atoms with Crippen LogP contribution in [0.15, 0.2) is 22.8 Å². The molecule has 0 aliphatic carbocycles. The standard InChI is InChI=1S/C13H23NO/c1-5-14-11(4)13(10(2)3)9-12-7-6-8-15-12/h6-8,10-11,13-14H,5,9H2,1-4H3. The van der Waals surface area contributed by atoms with Crippen LogP contribution in [-0.2, 0) is 6.42 Å². The van der Waals surface area contributed by atoms with Gasteiger partial charge in [0.2, 0.25) is 0 Å². The summed E-state index contributed by atoms with van der Waals surface area (Å²) in [5, 5.41) is 3.50. The molecule has 0 fully saturated rings. The topological polar surface area (TPSA) is 25.2 Å². The van der Waals surface area contributed by atoms with Crippen LogP contribution in [0.4, 0.5) is 0 Å². The van der Waals surface area contributed by atoms with E-state index in [1.807, 2.05) is 6.07 Å². The second kappa shape index (κ2) is 5.96. The lowest BCUT2D eigenvalue weighted by atomic mass is 9.85. The monoisotopic (exact) mass is 209 g/mol. The molecule has 2 atom stereocenters. The van der Waals surface area contributed by atoms with Crippen LogP contribution in [0.5, 0.6) is 0 Å². The highest BCUT2D eigenvalue weighted by Crippen LogP contribution is 2.21. The van der Waals surface area contributed by atoms with Gasteiger partial charge in [0.1, 0.15) is 5.76 Å². The van der Waals surface area contributed by atoms with E-state index in [1.54, 1.807) is 6.26 Å². The molecule has 1 heterocycles. The quantitative estimate of drug-likeness (QED) is 0.779. The summed E-state index contributed by atoms with van der Waals surface area (Å²) in [6.07, 6.45) is 2.78. The first kappa shape index (κ1) is 12.3. The molecule has 2 nitrogen and oxygen atoms in total. The Morgan fingerprint density at radius 3 is 2.53 bits per heavy atom. The van der Waals surface area contributed by atoms with Crippen molar-refractivity contribution in [3.05, 3.63) is 24.2 Å². The molecule has 2 heteroatoms. The zero-order valence-corrected chi connectivity index (χ0v) is 10.3. The van der Waals surface area contributed by atoms with Gasteiger partial charge in [-0.25, -0.2) is 0 Å². The molecule has 86 valence electrons. The zero-order valence-electron chi connectivity index (χ0n) is 10.3. The third kappa shape index (κ3) is 3.71. The van der Waals surface area contributed by atoms with E-state index in [2.05, 4.69) is 39.1 Å². The van der Waals surface area contributed by atoms with Gasteiger partial charge in [0, 0.05) is 12.5 Å². The first-order valence-electron chi connectivity index (χ1n) is 5.91. The number of rotatable bonds is 6. The van der Waals surface area contributed by atoms with Crippen molar-refractivity contribution >= 4 is 0 Å². The van der Waals surface area contributed by atoms with Crippen molar-refractivity contribution < 1.29 is 4.42 Å². The van der Waals surface area contributed by atoms with Gasteiger partial charge in [-0.2, -0.15) is 0 Å². The van der Waals surface area contributed by atoms with E-state index in [0.29, 0.717) is 17.9 Å². The van der Waals surface area contributed by atoms with Crippen LogP contribution in [-0.4, -0.2) is 12.6 Å². The van der Waals surface area contributed by atoms with Gasteiger partial charge >= 0.3 is 0 Å². The van der Waals surface area contributed by atoms with Crippen molar-refractivity contribution in [2.45, 2.75) is 40.2 Å². The van der Waals surface area contributed by atoms with Crippen LogP contribution in [0.1, 0.15) is 33.5 Å². The number of hydrogen-bond donors (Lipinski definition) is 1. The molecule has 1 N–H and O–H groups in total. The van der Waals surface area contributed by atoms with Crippen molar-refractivity contribution in [3.8, 4) is 0 Å². The molecule has 0 radical (unpaired) electrons. The normalized spacial score (nSPS) is 15.5. The summed E-state index contributed by atoms with van der Waals surface area (Å²) in [6, 6.07) is 4.57. The Labute approximate surface area is 93.1 Å². The summed E-state index contributed by atoms with van der Waals surface area (Å²) < 4.78 is 5.41. The molecular formula is C13H23NO. The summed E-state index contributed by atoms with van der Waals surface area (Å²) in [4.78, 5) is 0. The summed E-state index contributed by atoms with van der Waals surface area (Å²) in [5.41, 5.74) is 0. The van der Waals surface area contributed by atoms with E-state index in [-0.39, 0.29) is 0 Å². The molecule has 0 saturated heterocycles. The molecule has 1 rings (SSSR count). The molecule has 0 spiro atoms. The van der Waals surface area contributed by atoms with Crippen LogP contribution >= 0.6 is 0 Å². The molecule has 2 unspecified atom stereocenters. The van der Waals surface area contributed by atoms with Crippen LogP contribution in [0.3, 0.4) is 0 Å². The second-order valence-corrected chi connectivity index (χ2v) is 4.54. The van der Waals surface area contributed by atoms with E-state index < -0.39 is 0 Å². The lowest BCUT2D eigenvalue weighted by Crippen LogP contribution is -2.37. The molecule has 0 aliphatic heterocycles. The molecular weight excluding hydrogens is 186 g/mol. The minimum absolute atomic E-state index is 0.542. The Hall–Kier alpha value is -0.760. The Morgan fingerprint density at radius 2 is 2.07 bits per heavy atom. The van der Waals surface area contributed by atoms with Gasteiger partial charge in [-0.05, 0) is 37.4 Å². The Kier molecular flexibility index (Phi) is 4.89. The fraction of sp³-hybridized carbons (Fsp3) is 0.692. The zero-order chi connectivity index (χ0) is 11.3. The first-order chi connectivity index (χ1) is 7.15. The van der Waals surface area contributed by atoms with Crippen molar-refractivity contribution in [2.75, 3.05) is 6.54 Å². The van der Waals surface area contributed by atoms with Gasteiger partial charge in [-0.1, -0.05) is 20.8 Å². The third-order valence-corrected chi connectivity index (χ3v) is 3.04. The molecule has 0 bridgehead atoms. The summed E-state index contributed by atoms with van der Waals surface area (Å²) in [5.74, 6) is 2.40. The van der Waals surface area contributed by atoms with Crippen molar-refractivity contribution in [1.29, 1.82) is 0 Å². The number of hydrogen-bond acceptors (Lipinski definition) is 2. The molecule has 0 amide bonds. The van der Waals surface area contributed by atoms with Gasteiger partial charge in [-0.15, -0.1) is 0 Å². The van der Waals surface area contributed by atoms with Crippen LogP contribution in [0, 0.1) is 11.8 Å². The van der Waals surface area contributed by atoms with Crippen molar-refractivity contribution in [2.24, 2.45) is 11.8 Å². The first-order valence-corrected chi connectivity index (χ1v) is 5.91. The predicted octanol–water partition coefficient (Wildman–Crippen LogP) is 3.09. The Bertz CT molecular complexity index is 254. The van der Waals surface area contributed by atoms with E-state index in [9.17, 15) is 0 Å². The average molecular weight is 209 g/mol. The van der Waals surface area contributed by atoms with E-state index >= 15 is 0 Å². The smallest absolute Gasteiger partial charge is 0.104 e. The van der Waals surface area contributed by atoms with Gasteiger partial charge in [-0.3, -0.25) is 0 Å². The highest BCUT2D eigenvalue weighted by molar-refractivity contribution is 5.00.